The van der Waals surface area contributed by atoms with Crippen LogP contribution in [0.5, 0.6) is 0 Å². The van der Waals surface area contributed by atoms with Gasteiger partial charge in [-0.15, -0.1) is 0 Å². The number of hydrogen-bond donors (Lipinski definition) is 0. The Morgan fingerprint density at radius 2 is 2.00 bits per heavy atom. The summed E-state index contributed by atoms with van der Waals surface area (Å²) < 4.78 is 1.98. The van der Waals surface area contributed by atoms with E-state index >= 15 is 0 Å². The average Bonchev–Trinajstić information content (AvgIpc) is 2.47. The van der Waals surface area contributed by atoms with Gasteiger partial charge in [-0.2, -0.15) is 0 Å². The Bertz CT molecular complexity index is 432. The van der Waals surface area contributed by atoms with E-state index < -0.39 is 0 Å². The minimum atomic E-state index is 0.776. The van der Waals surface area contributed by atoms with Crippen LogP contribution in [0, 0.1) is 6.92 Å². The van der Waals surface area contributed by atoms with Crippen LogP contribution >= 0.6 is 11.6 Å². The van der Waals surface area contributed by atoms with Crippen molar-refractivity contribution in [2.45, 2.75) is 20.8 Å². The van der Waals surface area contributed by atoms with Gasteiger partial charge in [0.15, 0.2) is 0 Å². The Balaban J connectivity index is 0.000000461. The highest BCUT2D eigenvalue weighted by atomic mass is 35.5. The molecule has 14 heavy (non-hydrogen) atoms. The molecule has 0 unspecified atom stereocenters. The molecule has 0 aliphatic heterocycles. The normalized spacial score (nSPS) is 9.79. The molecule has 0 radical (unpaired) electrons. The second-order valence-corrected chi connectivity index (χ2v) is 3.32. The van der Waals surface area contributed by atoms with Crippen LogP contribution in [-0.4, -0.2) is 9.55 Å². The minimum absolute atomic E-state index is 0.776. The molecular formula is C11H15ClN2. The molecule has 2 heterocycles. The molecular weight excluding hydrogens is 196 g/mol. The zero-order chi connectivity index (χ0) is 10.7. The summed E-state index contributed by atoms with van der Waals surface area (Å²) in [6, 6.07) is 1.82. The van der Waals surface area contributed by atoms with E-state index in [2.05, 4.69) is 4.98 Å². The van der Waals surface area contributed by atoms with Gasteiger partial charge in [0.2, 0.25) is 0 Å². The quantitative estimate of drug-likeness (QED) is 0.650. The molecule has 0 fully saturated rings. The first-order chi connectivity index (χ1) is 6.70. The maximum atomic E-state index is 6.02. The zero-order valence-corrected chi connectivity index (χ0v) is 9.76. The highest BCUT2D eigenvalue weighted by Crippen LogP contribution is 2.25. The van der Waals surface area contributed by atoms with Crippen LogP contribution < -0.4 is 0 Å². The van der Waals surface area contributed by atoms with Crippen molar-refractivity contribution >= 4 is 22.6 Å². The van der Waals surface area contributed by atoms with Crippen molar-refractivity contribution in [1.82, 2.24) is 9.55 Å². The van der Waals surface area contributed by atoms with Gasteiger partial charge in [0.1, 0.15) is 5.65 Å². The fraction of sp³-hybridized carbons (Fsp3) is 0.364. The molecule has 3 heteroatoms. The lowest BCUT2D eigenvalue weighted by atomic mass is 10.2. The van der Waals surface area contributed by atoms with Crippen LogP contribution in [0.15, 0.2) is 18.5 Å². The standard InChI is InChI=1S/C9H9ClN2.C2H6/c1-6-5-12(2)9-8(6)7(10)3-4-11-9;1-2/h3-5H,1-2H3;1-2H3. The van der Waals surface area contributed by atoms with E-state index in [0.29, 0.717) is 0 Å². The molecule has 0 aromatic carbocycles. The first-order valence-electron chi connectivity index (χ1n) is 4.76. The SMILES string of the molecule is CC.Cc1cn(C)c2nccc(Cl)c12. The summed E-state index contributed by atoms with van der Waals surface area (Å²) in [6.07, 6.45) is 3.76. The lowest BCUT2D eigenvalue weighted by Gasteiger charge is -1.95. The summed E-state index contributed by atoms with van der Waals surface area (Å²) >= 11 is 6.02. The lowest BCUT2D eigenvalue weighted by molar-refractivity contribution is 0.944. The molecule has 2 nitrogen and oxygen atoms in total. The molecule has 0 aliphatic rings. The monoisotopic (exact) mass is 210 g/mol. The summed E-state index contributed by atoms with van der Waals surface area (Å²) in [5, 5.41) is 1.83. The minimum Gasteiger partial charge on any atom is -0.335 e. The summed E-state index contributed by atoms with van der Waals surface area (Å²) in [5.41, 5.74) is 2.12. The number of nitrogens with zero attached hydrogens (tertiary/aromatic N) is 2. The molecule has 0 aliphatic carbocycles. The smallest absolute Gasteiger partial charge is 0.141 e. The van der Waals surface area contributed by atoms with Crippen LogP contribution in [0.4, 0.5) is 0 Å². The Kier molecular flexibility index (Phi) is 3.53. The average molecular weight is 211 g/mol. The molecule has 0 N–H and O–H groups in total. The van der Waals surface area contributed by atoms with Gasteiger partial charge < -0.3 is 4.57 Å². The van der Waals surface area contributed by atoms with Gasteiger partial charge in [0.25, 0.3) is 0 Å². The van der Waals surface area contributed by atoms with Crippen molar-refractivity contribution in [3.8, 4) is 0 Å². The van der Waals surface area contributed by atoms with Crippen LogP contribution in [0.3, 0.4) is 0 Å². The van der Waals surface area contributed by atoms with Gasteiger partial charge in [0, 0.05) is 24.8 Å². The zero-order valence-electron chi connectivity index (χ0n) is 9.00. The fourth-order valence-electron chi connectivity index (χ4n) is 1.48. The predicted octanol–water partition coefficient (Wildman–Crippen LogP) is 3.56. The van der Waals surface area contributed by atoms with Gasteiger partial charge in [0.05, 0.1) is 5.02 Å². The fourth-order valence-corrected chi connectivity index (χ4v) is 1.77. The van der Waals surface area contributed by atoms with Gasteiger partial charge >= 0.3 is 0 Å². The van der Waals surface area contributed by atoms with E-state index in [1.807, 2.05) is 44.6 Å². The summed E-state index contributed by atoms with van der Waals surface area (Å²) in [6.45, 7) is 6.04. The number of halogens is 1. The van der Waals surface area contributed by atoms with Crippen molar-refractivity contribution in [2.24, 2.45) is 7.05 Å². The first-order valence-corrected chi connectivity index (χ1v) is 5.14. The summed E-state index contributed by atoms with van der Waals surface area (Å²) in [4.78, 5) is 4.24. The van der Waals surface area contributed by atoms with E-state index in [1.54, 1.807) is 6.20 Å². The van der Waals surface area contributed by atoms with Crippen LogP contribution in [0.2, 0.25) is 5.02 Å². The van der Waals surface area contributed by atoms with Crippen LogP contribution in [0.25, 0.3) is 11.0 Å². The lowest BCUT2D eigenvalue weighted by Crippen LogP contribution is -1.86. The highest BCUT2D eigenvalue weighted by Gasteiger charge is 2.06. The topological polar surface area (TPSA) is 17.8 Å². The number of fused-ring (bicyclic) bond motifs is 1. The van der Waals surface area contributed by atoms with Gasteiger partial charge in [-0.3, -0.25) is 0 Å². The Morgan fingerprint density at radius 3 is 2.57 bits per heavy atom. The van der Waals surface area contributed by atoms with E-state index in [9.17, 15) is 0 Å². The number of rotatable bonds is 0. The van der Waals surface area contributed by atoms with Crippen molar-refractivity contribution in [3.05, 3.63) is 29.0 Å². The summed E-state index contributed by atoms with van der Waals surface area (Å²) in [5.74, 6) is 0. The molecule has 2 aromatic heterocycles. The Morgan fingerprint density at radius 1 is 1.36 bits per heavy atom. The Hall–Kier alpha value is -1.02. The van der Waals surface area contributed by atoms with E-state index in [4.69, 9.17) is 11.6 Å². The van der Waals surface area contributed by atoms with Crippen molar-refractivity contribution < 1.29 is 0 Å². The molecule has 76 valence electrons. The van der Waals surface area contributed by atoms with Gasteiger partial charge in [-0.1, -0.05) is 25.4 Å². The van der Waals surface area contributed by atoms with Crippen molar-refractivity contribution in [3.63, 3.8) is 0 Å². The molecule has 0 saturated carbocycles. The third kappa shape index (κ3) is 1.75. The molecule has 0 spiro atoms. The number of aryl methyl sites for hydroxylation is 2. The number of hydrogen-bond acceptors (Lipinski definition) is 1. The summed E-state index contributed by atoms with van der Waals surface area (Å²) in [7, 11) is 1.97. The Labute approximate surface area is 89.5 Å². The van der Waals surface area contributed by atoms with Crippen molar-refractivity contribution in [1.29, 1.82) is 0 Å². The number of pyridine rings is 1. The van der Waals surface area contributed by atoms with Crippen LogP contribution in [0.1, 0.15) is 19.4 Å². The maximum absolute atomic E-state index is 6.02. The first kappa shape index (κ1) is 11.1. The van der Waals surface area contributed by atoms with Gasteiger partial charge in [-0.25, -0.2) is 4.98 Å². The number of aromatic nitrogens is 2. The van der Waals surface area contributed by atoms with Crippen molar-refractivity contribution in [2.75, 3.05) is 0 Å². The van der Waals surface area contributed by atoms with E-state index in [0.717, 1.165) is 16.1 Å². The second-order valence-electron chi connectivity index (χ2n) is 2.91. The van der Waals surface area contributed by atoms with Crippen LogP contribution in [-0.2, 0) is 7.05 Å². The highest BCUT2D eigenvalue weighted by molar-refractivity contribution is 6.35. The molecule has 0 amide bonds. The van der Waals surface area contributed by atoms with E-state index in [1.165, 1.54) is 5.56 Å². The maximum Gasteiger partial charge on any atom is 0.141 e. The molecule has 2 rings (SSSR count). The molecule has 2 aromatic rings. The van der Waals surface area contributed by atoms with Gasteiger partial charge in [-0.05, 0) is 18.6 Å². The third-order valence-electron chi connectivity index (χ3n) is 2.00. The molecule has 0 atom stereocenters. The molecule has 0 bridgehead atoms. The second kappa shape index (κ2) is 4.47. The third-order valence-corrected chi connectivity index (χ3v) is 2.31. The largest absolute Gasteiger partial charge is 0.335 e. The van der Waals surface area contributed by atoms with E-state index in [-0.39, 0.29) is 0 Å². The molecule has 0 saturated heterocycles. The predicted molar refractivity (Wildman–Crippen MR) is 61.8 cm³/mol.